The second-order valence-electron chi connectivity index (χ2n) is 10.3. The number of carbonyl (C=O) groups excluding carboxylic acids is 3. The average Bonchev–Trinajstić information content (AvgIpc) is 2.72. The van der Waals surface area contributed by atoms with Crippen LogP contribution in [0.25, 0.3) is 0 Å². The van der Waals surface area contributed by atoms with Crippen LogP contribution in [0.4, 0.5) is 4.39 Å². The molecule has 0 spiro atoms. The van der Waals surface area contributed by atoms with E-state index in [1.807, 2.05) is 0 Å². The number of Topliss-reactive ketones (excluding diaryl/α,β-unsaturated/α-hetero) is 2. The maximum Gasteiger partial charge on any atom is 0.351 e. The Kier molecular flexibility index (Phi) is 8.48. The minimum atomic E-state index is -2.96. The molecule has 2 N–H and O–H groups in total. The highest BCUT2D eigenvalue weighted by Gasteiger charge is 2.57. The first-order chi connectivity index (χ1) is 14.3. The van der Waals surface area contributed by atoms with E-state index in [9.17, 15) is 24.6 Å². The van der Waals surface area contributed by atoms with E-state index >= 15 is 4.39 Å². The summed E-state index contributed by atoms with van der Waals surface area (Å²) in [5, 5.41) is 22.5. The van der Waals surface area contributed by atoms with Gasteiger partial charge in [0.2, 0.25) is 0 Å². The Morgan fingerprint density at radius 2 is 1.53 bits per heavy atom. The van der Waals surface area contributed by atoms with Crippen molar-refractivity contribution in [2.45, 2.75) is 104 Å². The molecule has 1 heterocycles. The summed E-state index contributed by atoms with van der Waals surface area (Å²) in [7, 11) is 1.45. The number of hydrogen-bond donors (Lipinski definition) is 2. The van der Waals surface area contributed by atoms with Crippen LogP contribution >= 0.6 is 0 Å². The number of cyclic esters (lactones) is 1. The molecular formula is C24H41FO7. The molecule has 0 unspecified atom stereocenters. The number of ether oxygens (including phenoxy) is 2. The van der Waals surface area contributed by atoms with Gasteiger partial charge in [0.1, 0.15) is 23.1 Å². The predicted molar refractivity (Wildman–Crippen MR) is 118 cm³/mol. The molecule has 0 amide bonds. The van der Waals surface area contributed by atoms with Gasteiger partial charge in [-0.25, -0.2) is 9.18 Å². The molecule has 0 radical (unpaired) electrons. The fraction of sp³-hybridized carbons (Fsp3) is 0.875. The molecule has 0 aliphatic carbocycles. The number of aliphatic hydroxyl groups is 2. The van der Waals surface area contributed by atoms with Crippen molar-refractivity contribution in [1.82, 2.24) is 0 Å². The fourth-order valence-corrected chi connectivity index (χ4v) is 4.75. The highest BCUT2D eigenvalue weighted by Crippen LogP contribution is 2.41. The molecule has 8 heteroatoms. The summed E-state index contributed by atoms with van der Waals surface area (Å²) >= 11 is 0. The molecule has 0 bridgehead atoms. The second kappa shape index (κ2) is 9.47. The molecule has 32 heavy (non-hydrogen) atoms. The lowest BCUT2D eigenvalue weighted by Crippen LogP contribution is -2.64. The van der Waals surface area contributed by atoms with Crippen molar-refractivity contribution in [3.8, 4) is 0 Å². The topological polar surface area (TPSA) is 110 Å². The van der Waals surface area contributed by atoms with Crippen molar-refractivity contribution >= 4 is 17.5 Å². The average molecular weight is 461 g/mol. The Morgan fingerprint density at radius 3 is 1.97 bits per heavy atom. The lowest BCUT2D eigenvalue weighted by atomic mass is 9.67. The minimum absolute atomic E-state index is 0.0311. The van der Waals surface area contributed by atoms with Gasteiger partial charge in [-0.3, -0.25) is 9.59 Å². The third kappa shape index (κ3) is 4.77. The van der Waals surface area contributed by atoms with E-state index in [1.165, 1.54) is 34.8 Å². The Balaban J connectivity index is 3.69. The molecule has 0 aromatic carbocycles. The Labute approximate surface area is 191 Å². The molecule has 1 rings (SSSR count). The summed E-state index contributed by atoms with van der Waals surface area (Å²) in [5.74, 6) is -5.80. The van der Waals surface area contributed by atoms with Crippen LogP contribution in [0.3, 0.4) is 0 Å². The quantitative estimate of drug-likeness (QED) is 0.481. The Bertz CT molecular complexity index is 730. The van der Waals surface area contributed by atoms with Gasteiger partial charge in [0.25, 0.3) is 5.67 Å². The second-order valence-corrected chi connectivity index (χ2v) is 10.3. The first kappa shape index (κ1) is 28.7. The van der Waals surface area contributed by atoms with E-state index in [0.29, 0.717) is 0 Å². The van der Waals surface area contributed by atoms with Crippen LogP contribution in [-0.2, 0) is 23.9 Å². The zero-order chi connectivity index (χ0) is 25.4. The molecule has 0 aromatic rings. The van der Waals surface area contributed by atoms with E-state index in [1.54, 1.807) is 27.7 Å². The van der Waals surface area contributed by atoms with E-state index < -0.39 is 64.0 Å². The van der Waals surface area contributed by atoms with Crippen LogP contribution in [0.1, 0.15) is 75.2 Å². The first-order valence-corrected chi connectivity index (χ1v) is 11.3. The molecule has 1 saturated heterocycles. The van der Waals surface area contributed by atoms with E-state index in [-0.39, 0.29) is 18.6 Å². The summed E-state index contributed by atoms with van der Waals surface area (Å²) < 4.78 is 26.5. The largest absolute Gasteiger partial charge is 0.457 e. The van der Waals surface area contributed by atoms with Gasteiger partial charge >= 0.3 is 5.97 Å². The number of esters is 1. The zero-order valence-corrected chi connectivity index (χ0v) is 21.1. The Morgan fingerprint density at radius 1 is 1.03 bits per heavy atom. The number of hydrogen-bond acceptors (Lipinski definition) is 7. The number of carbonyl (C=O) groups is 3. The number of alkyl halides is 1. The summed E-state index contributed by atoms with van der Waals surface area (Å²) in [6.07, 6.45) is -1.11. The van der Waals surface area contributed by atoms with Crippen molar-refractivity contribution in [3.05, 3.63) is 0 Å². The number of rotatable bonds is 2. The molecule has 0 saturated carbocycles. The van der Waals surface area contributed by atoms with Gasteiger partial charge < -0.3 is 19.7 Å². The maximum atomic E-state index is 15.5. The zero-order valence-electron chi connectivity index (χ0n) is 21.1. The van der Waals surface area contributed by atoms with Crippen LogP contribution in [0.2, 0.25) is 0 Å². The molecular weight excluding hydrogens is 419 g/mol. The fourth-order valence-electron chi connectivity index (χ4n) is 4.75. The smallest absolute Gasteiger partial charge is 0.351 e. The van der Waals surface area contributed by atoms with Gasteiger partial charge in [-0.05, 0) is 46.5 Å². The molecule has 9 atom stereocenters. The van der Waals surface area contributed by atoms with E-state index in [2.05, 4.69) is 0 Å². The van der Waals surface area contributed by atoms with E-state index in [0.717, 1.165) is 6.92 Å². The third-order valence-corrected chi connectivity index (χ3v) is 8.18. The molecule has 1 aliphatic heterocycles. The van der Waals surface area contributed by atoms with Gasteiger partial charge in [-0.1, -0.05) is 34.6 Å². The van der Waals surface area contributed by atoms with Gasteiger partial charge in [-0.2, -0.15) is 0 Å². The molecule has 1 fully saturated rings. The highest BCUT2D eigenvalue weighted by atomic mass is 19.1. The third-order valence-electron chi connectivity index (χ3n) is 8.18. The van der Waals surface area contributed by atoms with E-state index in [4.69, 9.17) is 9.47 Å². The van der Waals surface area contributed by atoms with Crippen molar-refractivity contribution in [2.75, 3.05) is 7.11 Å². The van der Waals surface area contributed by atoms with Crippen LogP contribution in [-0.4, -0.2) is 63.4 Å². The lowest BCUT2D eigenvalue weighted by Gasteiger charge is -2.47. The predicted octanol–water partition coefficient (Wildman–Crippen LogP) is 3.03. The van der Waals surface area contributed by atoms with Gasteiger partial charge in [0.05, 0.1) is 5.60 Å². The number of halogens is 1. The van der Waals surface area contributed by atoms with Crippen molar-refractivity contribution in [1.29, 1.82) is 0 Å². The maximum absolute atomic E-state index is 15.5. The first-order valence-electron chi connectivity index (χ1n) is 11.3. The van der Waals surface area contributed by atoms with Gasteiger partial charge in [0, 0.05) is 24.9 Å². The normalized spacial score (nSPS) is 47.7. The SMILES string of the molecule is CC[C@H]1OC(=O)[C@@](C)(F)C(=O)[C@H](C)[C@@H](C)[C@](C)(OC)C[C@@H](C)C(=O)[C@H](C)[C@@](C)(O)[C@]1(C)O. The summed E-state index contributed by atoms with van der Waals surface area (Å²) in [5.41, 5.74) is -8.06. The number of methoxy groups -OCH3 is 1. The van der Waals surface area contributed by atoms with Crippen LogP contribution in [0, 0.1) is 23.7 Å². The molecule has 0 aromatic heterocycles. The molecule has 1 aliphatic rings. The van der Waals surface area contributed by atoms with Crippen molar-refractivity contribution < 1.29 is 38.5 Å². The van der Waals surface area contributed by atoms with Crippen LogP contribution < -0.4 is 0 Å². The lowest BCUT2D eigenvalue weighted by molar-refractivity contribution is -0.223. The van der Waals surface area contributed by atoms with Crippen LogP contribution in [0.15, 0.2) is 0 Å². The van der Waals surface area contributed by atoms with Crippen LogP contribution in [0.5, 0.6) is 0 Å². The van der Waals surface area contributed by atoms with Crippen molar-refractivity contribution in [2.24, 2.45) is 23.7 Å². The van der Waals surface area contributed by atoms with Gasteiger partial charge in [0.15, 0.2) is 5.78 Å². The van der Waals surface area contributed by atoms with Crippen molar-refractivity contribution in [3.63, 3.8) is 0 Å². The molecule has 186 valence electrons. The molecule has 7 nitrogen and oxygen atoms in total. The standard InChI is InChI=1S/C24H41FO7/c1-11-17-24(9,30)23(8,29)16(5)18(26)13(2)12-21(6,31-10)15(4)14(3)19(27)22(7,25)20(28)32-17/h13-17,29-30H,11-12H2,1-10H3/t13-,14-,15-,16+,17-,21-,22+,23-,24-/m1/s1. The number of ketones is 2. The minimum Gasteiger partial charge on any atom is -0.457 e. The summed E-state index contributed by atoms with van der Waals surface area (Å²) in [6.45, 7) is 13.2. The monoisotopic (exact) mass is 460 g/mol. The highest BCUT2D eigenvalue weighted by molar-refractivity contribution is 6.07. The summed E-state index contributed by atoms with van der Waals surface area (Å²) in [4.78, 5) is 39.1. The Hall–Kier alpha value is -1.38. The summed E-state index contributed by atoms with van der Waals surface area (Å²) in [6, 6.07) is 0. The van der Waals surface area contributed by atoms with Gasteiger partial charge in [-0.15, -0.1) is 0 Å².